The van der Waals surface area contributed by atoms with Gasteiger partial charge in [-0.3, -0.25) is 25.0 Å². The van der Waals surface area contributed by atoms with Crippen LogP contribution >= 0.6 is 0 Å². The molecule has 1 saturated heterocycles. The number of rotatable bonds is 5. The van der Waals surface area contributed by atoms with Gasteiger partial charge in [0.1, 0.15) is 11.4 Å². The second kappa shape index (κ2) is 9.22. The second-order valence-corrected chi connectivity index (χ2v) is 7.87. The Hall–Kier alpha value is -4.41. The smallest absolute Gasteiger partial charge is 0.412 e. The topological polar surface area (TPSA) is 140 Å². The molecule has 2 N–H and O–H groups in total. The maximum Gasteiger partial charge on any atom is 0.412 e. The molecule has 0 saturated carbocycles. The van der Waals surface area contributed by atoms with Gasteiger partial charge in [0, 0.05) is 61.5 Å². The molecular formula is C23H22N4O7. The number of likely N-dealkylation sites (tertiary alicyclic amines) is 1. The molecule has 176 valence electrons. The van der Waals surface area contributed by atoms with E-state index in [1.807, 2.05) is 6.07 Å². The molecule has 0 unspecified atom stereocenters. The number of anilines is 2. The Morgan fingerprint density at radius 1 is 1.18 bits per heavy atom. The van der Waals surface area contributed by atoms with Crippen molar-refractivity contribution in [3.8, 4) is 5.75 Å². The van der Waals surface area contributed by atoms with E-state index in [4.69, 9.17) is 9.47 Å². The molecule has 2 heterocycles. The Kier molecular flexibility index (Phi) is 6.17. The summed E-state index contributed by atoms with van der Waals surface area (Å²) in [6, 6.07) is 10.7. The summed E-state index contributed by atoms with van der Waals surface area (Å²) in [5, 5.41) is 15.9. The van der Waals surface area contributed by atoms with Crippen molar-refractivity contribution >= 4 is 35.0 Å². The predicted molar refractivity (Wildman–Crippen MR) is 121 cm³/mol. The fourth-order valence-corrected chi connectivity index (χ4v) is 4.07. The van der Waals surface area contributed by atoms with Crippen molar-refractivity contribution in [2.45, 2.75) is 18.4 Å². The number of fused-ring (bicyclic) bond motifs is 2. The summed E-state index contributed by atoms with van der Waals surface area (Å²) >= 11 is 0. The van der Waals surface area contributed by atoms with E-state index < -0.39 is 22.5 Å². The van der Waals surface area contributed by atoms with Gasteiger partial charge in [0.05, 0.1) is 17.7 Å². The van der Waals surface area contributed by atoms with Crippen molar-refractivity contribution in [3.63, 3.8) is 0 Å². The molecule has 0 aliphatic carbocycles. The van der Waals surface area contributed by atoms with Crippen molar-refractivity contribution in [1.82, 2.24) is 4.90 Å². The molecule has 0 atom stereocenters. The Bertz CT molecular complexity index is 1170. The van der Waals surface area contributed by atoms with Crippen LogP contribution in [0.3, 0.4) is 0 Å². The lowest BCUT2D eigenvalue weighted by molar-refractivity contribution is -0.384. The molecule has 11 nitrogen and oxygen atoms in total. The number of benzene rings is 2. The summed E-state index contributed by atoms with van der Waals surface area (Å²) in [7, 11) is 1.56. The minimum absolute atomic E-state index is 0.0907. The Balaban J connectivity index is 1.37. The van der Waals surface area contributed by atoms with Crippen LogP contribution in [-0.2, 0) is 19.9 Å². The second-order valence-electron chi connectivity index (χ2n) is 7.87. The molecule has 11 heteroatoms. The fourth-order valence-electron chi connectivity index (χ4n) is 4.07. The number of hydrogen-bond acceptors (Lipinski definition) is 7. The van der Waals surface area contributed by atoms with Gasteiger partial charge in [0.15, 0.2) is 0 Å². The summed E-state index contributed by atoms with van der Waals surface area (Å²) in [6.45, 7) is 0.661. The van der Waals surface area contributed by atoms with Crippen LogP contribution in [0.4, 0.5) is 21.9 Å². The average Bonchev–Trinajstić information content (AvgIpc) is 2.83. The van der Waals surface area contributed by atoms with E-state index in [1.54, 1.807) is 24.1 Å². The van der Waals surface area contributed by atoms with Gasteiger partial charge in [-0.1, -0.05) is 0 Å². The molecular weight excluding hydrogens is 444 g/mol. The van der Waals surface area contributed by atoms with E-state index in [9.17, 15) is 24.5 Å². The number of methoxy groups -OCH3 is 1. The number of nitrogens with one attached hydrogen (secondary N) is 2. The molecule has 2 aliphatic rings. The maximum atomic E-state index is 12.6. The van der Waals surface area contributed by atoms with E-state index in [0.717, 1.165) is 11.6 Å². The van der Waals surface area contributed by atoms with Crippen molar-refractivity contribution in [1.29, 1.82) is 0 Å². The van der Waals surface area contributed by atoms with E-state index in [-0.39, 0.29) is 11.6 Å². The van der Waals surface area contributed by atoms with Crippen LogP contribution in [0.5, 0.6) is 5.75 Å². The van der Waals surface area contributed by atoms with Crippen molar-refractivity contribution < 1.29 is 28.8 Å². The van der Waals surface area contributed by atoms with Crippen LogP contribution in [0, 0.1) is 10.1 Å². The van der Waals surface area contributed by atoms with Gasteiger partial charge < -0.3 is 19.7 Å². The third kappa shape index (κ3) is 4.68. The minimum Gasteiger partial charge on any atom is -0.497 e. The molecule has 0 radical (unpaired) electrons. The van der Waals surface area contributed by atoms with Crippen LogP contribution < -0.4 is 15.4 Å². The van der Waals surface area contributed by atoms with Crippen molar-refractivity contribution in [2.75, 3.05) is 30.8 Å². The molecule has 0 aromatic heterocycles. The zero-order valence-electron chi connectivity index (χ0n) is 18.3. The quantitative estimate of drug-likeness (QED) is 0.392. The highest BCUT2D eigenvalue weighted by molar-refractivity contribution is 6.03. The van der Waals surface area contributed by atoms with E-state index in [1.165, 1.54) is 30.3 Å². The number of amides is 3. The number of carbonyl (C=O) groups excluding carboxylic acids is 3. The predicted octanol–water partition coefficient (Wildman–Crippen LogP) is 3.18. The highest BCUT2D eigenvalue weighted by atomic mass is 16.6. The van der Waals surface area contributed by atoms with Gasteiger partial charge in [-0.05, 0) is 30.3 Å². The molecule has 4 rings (SSSR count). The zero-order chi connectivity index (χ0) is 24.3. The van der Waals surface area contributed by atoms with Crippen LogP contribution in [0.2, 0.25) is 0 Å². The first kappa shape index (κ1) is 22.8. The number of nitrogens with zero attached hydrogens (tertiary/aromatic N) is 2. The van der Waals surface area contributed by atoms with Gasteiger partial charge in [-0.25, -0.2) is 4.79 Å². The first-order chi connectivity index (χ1) is 16.3. The highest BCUT2D eigenvalue weighted by Crippen LogP contribution is 2.44. The highest BCUT2D eigenvalue weighted by Gasteiger charge is 2.45. The number of piperidine rings is 1. The lowest BCUT2D eigenvalue weighted by Crippen LogP contribution is -2.49. The lowest BCUT2D eigenvalue weighted by atomic mass is 9.82. The maximum absolute atomic E-state index is 12.6. The SMILES string of the molecule is COc1ccc2c(c1)C1(CCN(C(=O)/C=C/C(=O)Nc3ccc([N+](=O)[O-])cc3)CC1)OC(=O)N2. The Morgan fingerprint density at radius 3 is 2.53 bits per heavy atom. The molecule has 3 amide bonds. The Morgan fingerprint density at radius 2 is 1.88 bits per heavy atom. The van der Waals surface area contributed by atoms with E-state index >= 15 is 0 Å². The molecule has 2 aromatic rings. The number of ether oxygens (including phenoxy) is 2. The van der Waals surface area contributed by atoms with Crippen LogP contribution in [0.15, 0.2) is 54.6 Å². The normalized spacial score (nSPS) is 16.4. The average molecular weight is 466 g/mol. The van der Waals surface area contributed by atoms with Crippen LogP contribution in [0.1, 0.15) is 18.4 Å². The molecule has 1 spiro atoms. The number of carbonyl (C=O) groups is 3. The molecule has 2 aromatic carbocycles. The van der Waals surface area contributed by atoms with Gasteiger partial charge in [-0.15, -0.1) is 0 Å². The molecule has 2 aliphatic heterocycles. The van der Waals surface area contributed by atoms with Crippen molar-refractivity contribution in [3.05, 3.63) is 70.3 Å². The zero-order valence-corrected chi connectivity index (χ0v) is 18.3. The Labute approximate surface area is 194 Å². The van der Waals surface area contributed by atoms with Gasteiger partial charge in [-0.2, -0.15) is 0 Å². The first-order valence-electron chi connectivity index (χ1n) is 10.5. The molecule has 1 fully saturated rings. The number of non-ortho nitro benzene ring substituents is 1. The number of nitro groups is 1. The van der Waals surface area contributed by atoms with Crippen LogP contribution in [0.25, 0.3) is 0 Å². The van der Waals surface area contributed by atoms with Gasteiger partial charge >= 0.3 is 6.09 Å². The number of hydrogen-bond donors (Lipinski definition) is 2. The summed E-state index contributed by atoms with van der Waals surface area (Å²) in [4.78, 5) is 48.6. The summed E-state index contributed by atoms with van der Waals surface area (Å²) in [6.07, 6.45) is 2.54. The summed E-state index contributed by atoms with van der Waals surface area (Å²) in [5.41, 5.74) is 0.873. The summed E-state index contributed by atoms with van der Waals surface area (Å²) in [5.74, 6) is -0.248. The monoisotopic (exact) mass is 466 g/mol. The third-order valence-corrected chi connectivity index (χ3v) is 5.85. The molecule has 34 heavy (non-hydrogen) atoms. The first-order valence-corrected chi connectivity index (χ1v) is 10.5. The minimum atomic E-state index is -0.861. The van der Waals surface area contributed by atoms with Crippen molar-refractivity contribution in [2.24, 2.45) is 0 Å². The van der Waals surface area contributed by atoms with Gasteiger partial charge in [0.25, 0.3) is 5.69 Å². The molecule has 0 bridgehead atoms. The number of nitro benzene ring substituents is 1. The fraction of sp³-hybridized carbons (Fsp3) is 0.261. The standard InChI is InChI=1S/C23H22N4O7/c1-33-17-6-7-19-18(14-17)23(34-22(30)25-19)10-12-26(13-11-23)21(29)9-8-20(28)24-15-2-4-16(5-3-15)27(31)32/h2-9,14H,10-13H2,1H3,(H,24,28)(H,25,30)/b9-8+. The third-order valence-electron chi connectivity index (χ3n) is 5.85. The van der Waals surface area contributed by atoms with Crippen LogP contribution in [-0.4, -0.2) is 47.9 Å². The summed E-state index contributed by atoms with van der Waals surface area (Å²) < 4.78 is 11.0. The lowest BCUT2D eigenvalue weighted by Gasteiger charge is -2.44. The van der Waals surface area contributed by atoms with Gasteiger partial charge in [0.2, 0.25) is 11.8 Å². The van der Waals surface area contributed by atoms with E-state index in [2.05, 4.69) is 10.6 Å². The van der Waals surface area contributed by atoms with E-state index in [0.29, 0.717) is 43.1 Å². The largest absolute Gasteiger partial charge is 0.497 e.